The number of esters is 1. The summed E-state index contributed by atoms with van der Waals surface area (Å²) in [5.41, 5.74) is 5.61. The average molecular weight is 228 g/mol. The predicted molar refractivity (Wildman–Crippen MR) is 55.2 cm³/mol. The number of hydrogen-bond donors (Lipinski definition) is 1. The molecule has 1 aromatic rings. The number of rotatable bonds is 3. The fourth-order valence-corrected chi connectivity index (χ4v) is 1.22. The number of carbonyl (C=O) groups excluding carboxylic acids is 2. The van der Waals surface area contributed by atoms with E-state index < -0.39 is 18.0 Å². The Kier molecular flexibility index (Phi) is 3.68. The summed E-state index contributed by atoms with van der Waals surface area (Å²) in [4.78, 5) is 21.8. The summed E-state index contributed by atoms with van der Waals surface area (Å²) in [6.07, 6.45) is -1.06. The molecule has 0 spiro atoms. The van der Waals surface area contributed by atoms with Gasteiger partial charge in [0.2, 0.25) is 6.10 Å². The van der Waals surface area contributed by atoms with Gasteiger partial charge in [0.1, 0.15) is 0 Å². The molecule has 0 aliphatic carbocycles. The maximum atomic E-state index is 11.0. The molecule has 15 heavy (non-hydrogen) atoms. The Morgan fingerprint density at radius 3 is 2.27 bits per heavy atom. The van der Waals surface area contributed by atoms with Crippen molar-refractivity contribution in [3.05, 3.63) is 34.9 Å². The van der Waals surface area contributed by atoms with E-state index in [2.05, 4.69) is 0 Å². The fourth-order valence-electron chi connectivity index (χ4n) is 1.09. The van der Waals surface area contributed by atoms with Gasteiger partial charge in [0.05, 0.1) is 0 Å². The molecular weight excluding hydrogens is 218 g/mol. The summed E-state index contributed by atoms with van der Waals surface area (Å²) in [5.74, 6) is -1.28. The van der Waals surface area contributed by atoms with Gasteiger partial charge < -0.3 is 10.5 Å². The van der Waals surface area contributed by atoms with Crippen molar-refractivity contribution < 1.29 is 14.3 Å². The fraction of sp³-hybridized carbons (Fsp3) is 0.200. The maximum absolute atomic E-state index is 11.0. The molecule has 0 heterocycles. The molecule has 0 aromatic heterocycles. The minimum absolute atomic E-state index is 0.502. The highest BCUT2D eigenvalue weighted by Gasteiger charge is 2.20. The lowest BCUT2D eigenvalue weighted by Crippen LogP contribution is -2.25. The average Bonchev–Trinajstić information content (AvgIpc) is 2.15. The number of primary amides is 1. The van der Waals surface area contributed by atoms with Crippen LogP contribution in [0.2, 0.25) is 5.02 Å². The molecule has 4 nitrogen and oxygen atoms in total. The van der Waals surface area contributed by atoms with Crippen LogP contribution in [-0.4, -0.2) is 11.9 Å². The van der Waals surface area contributed by atoms with E-state index in [0.29, 0.717) is 10.6 Å². The van der Waals surface area contributed by atoms with Crippen molar-refractivity contribution in [2.24, 2.45) is 5.73 Å². The highest BCUT2D eigenvalue weighted by Crippen LogP contribution is 2.19. The summed E-state index contributed by atoms with van der Waals surface area (Å²) in [7, 11) is 0. The van der Waals surface area contributed by atoms with Gasteiger partial charge in [-0.05, 0) is 12.1 Å². The van der Waals surface area contributed by atoms with Gasteiger partial charge in [-0.15, -0.1) is 0 Å². The number of carbonyl (C=O) groups is 2. The SMILES string of the molecule is CC(=O)OC(C(N)=O)c1ccc(Cl)cc1. The van der Waals surface area contributed by atoms with Crippen molar-refractivity contribution >= 4 is 23.5 Å². The molecule has 0 saturated heterocycles. The summed E-state index contributed by atoms with van der Waals surface area (Å²) in [6, 6.07) is 6.36. The van der Waals surface area contributed by atoms with Crippen LogP contribution < -0.4 is 5.73 Å². The van der Waals surface area contributed by atoms with Crippen LogP contribution in [0.1, 0.15) is 18.6 Å². The second-order valence-corrected chi connectivity index (χ2v) is 3.38. The van der Waals surface area contributed by atoms with Gasteiger partial charge >= 0.3 is 5.97 Å². The molecule has 0 aliphatic heterocycles. The third-order valence-electron chi connectivity index (χ3n) is 1.71. The Morgan fingerprint density at radius 1 is 1.33 bits per heavy atom. The Hall–Kier alpha value is -1.55. The van der Waals surface area contributed by atoms with Gasteiger partial charge in [-0.3, -0.25) is 9.59 Å². The van der Waals surface area contributed by atoms with Crippen molar-refractivity contribution in [3.8, 4) is 0 Å². The summed E-state index contributed by atoms with van der Waals surface area (Å²) >= 11 is 5.68. The zero-order valence-corrected chi connectivity index (χ0v) is 8.82. The molecule has 1 atom stereocenters. The monoisotopic (exact) mass is 227 g/mol. The molecule has 1 amide bonds. The van der Waals surface area contributed by atoms with Crippen molar-refractivity contribution in [2.75, 3.05) is 0 Å². The predicted octanol–water partition coefficient (Wildman–Crippen LogP) is 1.43. The van der Waals surface area contributed by atoms with Crippen LogP contribution in [-0.2, 0) is 14.3 Å². The van der Waals surface area contributed by atoms with Crippen LogP contribution in [0, 0.1) is 0 Å². The van der Waals surface area contributed by atoms with Gasteiger partial charge in [-0.25, -0.2) is 0 Å². The van der Waals surface area contributed by atoms with Crippen LogP contribution >= 0.6 is 11.6 Å². The van der Waals surface area contributed by atoms with Crippen LogP contribution in [0.25, 0.3) is 0 Å². The minimum Gasteiger partial charge on any atom is -0.447 e. The molecular formula is C10H10ClNO3. The molecule has 1 aromatic carbocycles. The highest BCUT2D eigenvalue weighted by atomic mass is 35.5. The van der Waals surface area contributed by atoms with Gasteiger partial charge in [0, 0.05) is 17.5 Å². The molecule has 80 valence electrons. The Labute approximate surface area is 92.0 Å². The Balaban J connectivity index is 2.94. The smallest absolute Gasteiger partial charge is 0.303 e. The first-order chi connectivity index (χ1) is 7.00. The van der Waals surface area contributed by atoms with Gasteiger partial charge in [-0.2, -0.15) is 0 Å². The number of benzene rings is 1. The Morgan fingerprint density at radius 2 is 1.87 bits per heavy atom. The number of nitrogens with two attached hydrogens (primary N) is 1. The zero-order valence-electron chi connectivity index (χ0n) is 8.07. The molecule has 0 aliphatic rings. The molecule has 5 heteroatoms. The lowest BCUT2D eigenvalue weighted by Gasteiger charge is -2.13. The van der Waals surface area contributed by atoms with E-state index in [1.165, 1.54) is 6.92 Å². The first-order valence-electron chi connectivity index (χ1n) is 4.22. The molecule has 1 rings (SSSR count). The van der Waals surface area contributed by atoms with Crippen LogP contribution in [0.5, 0.6) is 0 Å². The third kappa shape index (κ3) is 3.25. The van der Waals surface area contributed by atoms with Crippen molar-refractivity contribution in [1.29, 1.82) is 0 Å². The van der Waals surface area contributed by atoms with E-state index in [9.17, 15) is 9.59 Å². The molecule has 0 saturated carbocycles. The van der Waals surface area contributed by atoms with Gasteiger partial charge in [0.15, 0.2) is 0 Å². The molecule has 0 radical (unpaired) electrons. The van der Waals surface area contributed by atoms with E-state index in [1.54, 1.807) is 24.3 Å². The lowest BCUT2D eigenvalue weighted by atomic mass is 10.1. The van der Waals surface area contributed by atoms with E-state index in [-0.39, 0.29) is 0 Å². The minimum atomic E-state index is -1.06. The number of amides is 1. The van der Waals surface area contributed by atoms with Crippen molar-refractivity contribution in [2.45, 2.75) is 13.0 Å². The first-order valence-corrected chi connectivity index (χ1v) is 4.60. The van der Waals surface area contributed by atoms with Crippen molar-refractivity contribution in [1.82, 2.24) is 0 Å². The zero-order chi connectivity index (χ0) is 11.4. The second kappa shape index (κ2) is 4.79. The summed E-state index contributed by atoms with van der Waals surface area (Å²) in [6.45, 7) is 1.21. The van der Waals surface area contributed by atoms with Gasteiger partial charge in [0.25, 0.3) is 5.91 Å². The Bertz CT molecular complexity index is 375. The molecule has 0 bridgehead atoms. The van der Waals surface area contributed by atoms with Crippen LogP contribution in [0.15, 0.2) is 24.3 Å². The normalized spacial score (nSPS) is 11.9. The van der Waals surface area contributed by atoms with E-state index in [4.69, 9.17) is 22.1 Å². The largest absolute Gasteiger partial charge is 0.447 e. The second-order valence-electron chi connectivity index (χ2n) is 2.94. The molecule has 2 N–H and O–H groups in total. The third-order valence-corrected chi connectivity index (χ3v) is 1.97. The lowest BCUT2D eigenvalue weighted by molar-refractivity contribution is -0.153. The first kappa shape index (κ1) is 11.5. The maximum Gasteiger partial charge on any atom is 0.303 e. The van der Waals surface area contributed by atoms with E-state index >= 15 is 0 Å². The van der Waals surface area contributed by atoms with Crippen molar-refractivity contribution in [3.63, 3.8) is 0 Å². The standard InChI is InChI=1S/C10H10ClNO3/c1-6(13)15-9(10(12)14)7-2-4-8(11)5-3-7/h2-5,9H,1H3,(H2,12,14). The summed E-state index contributed by atoms with van der Waals surface area (Å²) < 4.78 is 4.78. The van der Waals surface area contributed by atoms with Gasteiger partial charge in [-0.1, -0.05) is 23.7 Å². The number of ether oxygens (including phenoxy) is 1. The van der Waals surface area contributed by atoms with Crippen LogP contribution in [0.3, 0.4) is 0 Å². The number of hydrogen-bond acceptors (Lipinski definition) is 3. The highest BCUT2D eigenvalue weighted by molar-refractivity contribution is 6.30. The van der Waals surface area contributed by atoms with Crippen LogP contribution in [0.4, 0.5) is 0 Å². The number of halogens is 1. The topological polar surface area (TPSA) is 69.4 Å². The van der Waals surface area contributed by atoms with E-state index in [1.807, 2.05) is 0 Å². The molecule has 1 unspecified atom stereocenters. The molecule has 0 fully saturated rings. The summed E-state index contributed by atoms with van der Waals surface area (Å²) in [5, 5.41) is 0.532. The van der Waals surface area contributed by atoms with E-state index in [0.717, 1.165) is 0 Å². The quantitative estimate of drug-likeness (QED) is 0.795.